The van der Waals surface area contributed by atoms with Crippen molar-refractivity contribution in [2.45, 2.75) is 44.0 Å². The molecule has 0 saturated carbocycles. The van der Waals surface area contributed by atoms with Crippen LogP contribution in [0.4, 0.5) is 4.39 Å². The zero-order chi connectivity index (χ0) is 20.6. The molecule has 0 atom stereocenters. The normalized spacial score (nSPS) is 11.4. The van der Waals surface area contributed by atoms with E-state index >= 15 is 0 Å². The van der Waals surface area contributed by atoms with Gasteiger partial charge in [0, 0.05) is 31.9 Å². The van der Waals surface area contributed by atoms with Crippen LogP contribution < -0.4 is 5.56 Å². The van der Waals surface area contributed by atoms with Crippen LogP contribution >= 0.6 is 11.8 Å². The van der Waals surface area contributed by atoms with Crippen LogP contribution in [-0.2, 0) is 21.8 Å². The van der Waals surface area contributed by atoms with Gasteiger partial charge in [0.2, 0.25) is 0 Å². The molecular weight excluding hydrogens is 391 g/mol. The smallest absolute Gasteiger partial charge is 0.262 e. The van der Waals surface area contributed by atoms with Crippen LogP contribution in [0.1, 0.15) is 25.8 Å². The molecule has 1 heterocycles. The minimum absolute atomic E-state index is 0.0934. The van der Waals surface area contributed by atoms with E-state index in [1.54, 1.807) is 16.7 Å². The van der Waals surface area contributed by atoms with E-state index in [-0.39, 0.29) is 17.7 Å². The molecule has 154 valence electrons. The Morgan fingerprint density at radius 2 is 1.86 bits per heavy atom. The van der Waals surface area contributed by atoms with Crippen LogP contribution in [0.5, 0.6) is 0 Å². The maximum atomic E-state index is 13.5. The molecule has 5 nitrogen and oxygen atoms in total. The third-order valence-corrected chi connectivity index (χ3v) is 5.42. The lowest BCUT2D eigenvalue weighted by molar-refractivity contribution is -0.141. The monoisotopic (exact) mass is 416 g/mol. The number of rotatable bonds is 10. The SMILES string of the molecule is CCOC(CCn1c(SCc2cccc(F)c2)nc2ccccc2c1=O)OCC. The standard InChI is InChI=1S/C22H25FN2O3S/c1-3-27-20(28-4-2)12-13-25-21(26)18-10-5-6-11-19(18)24-22(25)29-15-16-8-7-9-17(23)14-16/h5-11,14,20H,3-4,12-13,15H2,1-2H3. The van der Waals surface area contributed by atoms with Crippen molar-refractivity contribution in [3.8, 4) is 0 Å². The maximum absolute atomic E-state index is 13.5. The number of ether oxygens (including phenoxy) is 2. The third kappa shape index (κ3) is 5.65. The van der Waals surface area contributed by atoms with Crippen LogP contribution in [0.2, 0.25) is 0 Å². The summed E-state index contributed by atoms with van der Waals surface area (Å²) in [5.74, 6) is 0.242. The van der Waals surface area contributed by atoms with E-state index in [0.717, 1.165) is 5.56 Å². The second kappa shape index (κ2) is 10.5. The number of halogens is 1. The van der Waals surface area contributed by atoms with E-state index in [0.29, 0.717) is 48.0 Å². The van der Waals surface area contributed by atoms with Crippen LogP contribution in [0, 0.1) is 5.82 Å². The summed E-state index contributed by atoms with van der Waals surface area (Å²) >= 11 is 1.42. The van der Waals surface area contributed by atoms with Gasteiger partial charge in [-0.25, -0.2) is 9.37 Å². The quantitative estimate of drug-likeness (QED) is 0.274. The van der Waals surface area contributed by atoms with Crippen molar-refractivity contribution in [3.05, 3.63) is 70.3 Å². The van der Waals surface area contributed by atoms with Gasteiger partial charge in [-0.2, -0.15) is 0 Å². The first kappa shape index (κ1) is 21.5. The molecule has 0 saturated heterocycles. The van der Waals surface area contributed by atoms with Crippen molar-refractivity contribution in [1.82, 2.24) is 9.55 Å². The van der Waals surface area contributed by atoms with E-state index in [1.807, 2.05) is 38.1 Å². The van der Waals surface area contributed by atoms with Crippen molar-refractivity contribution >= 4 is 22.7 Å². The number of nitrogens with zero attached hydrogens (tertiary/aromatic N) is 2. The summed E-state index contributed by atoms with van der Waals surface area (Å²) in [7, 11) is 0. The summed E-state index contributed by atoms with van der Waals surface area (Å²) in [6, 6.07) is 13.8. The van der Waals surface area contributed by atoms with E-state index in [2.05, 4.69) is 0 Å². The number of benzene rings is 2. The number of para-hydroxylation sites is 1. The largest absolute Gasteiger partial charge is 0.353 e. The zero-order valence-electron chi connectivity index (χ0n) is 16.6. The lowest BCUT2D eigenvalue weighted by Crippen LogP contribution is -2.27. The maximum Gasteiger partial charge on any atom is 0.262 e. The average Bonchev–Trinajstić information content (AvgIpc) is 2.72. The van der Waals surface area contributed by atoms with Crippen LogP contribution in [-0.4, -0.2) is 29.1 Å². The molecule has 0 bridgehead atoms. The number of fused-ring (bicyclic) bond motifs is 1. The summed E-state index contributed by atoms with van der Waals surface area (Å²) < 4.78 is 26.4. The minimum atomic E-state index is -0.371. The molecule has 2 aromatic carbocycles. The molecule has 0 unspecified atom stereocenters. The zero-order valence-corrected chi connectivity index (χ0v) is 17.5. The minimum Gasteiger partial charge on any atom is -0.353 e. The van der Waals surface area contributed by atoms with Gasteiger partial charge in [-0.05, 0) is 43.7 Å². The van der Waals surface area contributed by atoms with Gasteiger partial charge in [0.05, 0.1) is 10.9 Å². The van der Waals surface area contributed by atoms with Gasteiger partial charge in [-0.1, -0.05) is 36.0 Å². The van der Waals surface area contributed by atoms with Gasteiger partial charge in [-0.3, -0.25) is 9.36 Å². The van der Waals surface area contributed by atoms with E-state index in [1.165, 1.54) is 23.9 Å². The fourth-order valence-electron chi connectivity index (χ4n) is 3.05. The Morgan fingerprint density at radius 3 is 2.59 bits per heavy atom. The molecule has 1 aromatic heterocycles. The lowest BCUT2D eigenvalue weighted by atomic mass is 10.2. The third-order valence-electron chi connectivity index (χ3n) is 4.38. The molecule has 0 aliphatic carbocycles. The van der Waals surface area contributed by atoms with Crippen LogP contribution in [0.15, 0.2) is 58.5 Å². The van der Waals surface area contributed by atoms with Crippen molar-refractivity contribution in [2.75, 3.05) is 13.2 Å². The average molecular weight is 417 g/mol. The van der Waals surface area contributed by atoms with Gasteiger partial charge in [0.1, 0.15) is 5.82 Å². The number of hydrogen-bond donors (Lipinski definition) is 0. The highest BCUT2D eigenvalue weighted by molar-refractivity contribution is 7.98. The first-order valence-corrected chi connectivity index (χ1v) is 10.7. The topological polar surface area (TPSA) is 53.4 Å². The van der Waals surface area contributed by atoms with Crippen molar-refractivity contribution in [1.29, 1.82) is 0 Å². The second-order valence-electron chi connectivity index (χ2n) is 6.42. The van der Waals surface area contributed by atoms with Gasteiger partial charge in [0.25, 0.3) is 5.56 Å². The summed E-state index contributed by atoms with van der Waals surface area (Å²) in [5, 5.41) is 1.18. The van der Waals surface area contributed by atoms with E-state index < -0.39 is 0 Å². The van der Waals surface area contributed by atoms with Crippen molar-refractivity contribution < 1.29 is 13.9 Å². The summed E-state index contributed by atoms with van der Waals surface area (Å²) in [6.07, 6.45) is 0.166. The summed E-state index contributed by atoms with van der Waals surface area (Å²) in [4.78, 5) is 17.8. The highest BCUT2D eigenvalue weighted by Crippen LogP contribution is 2.23. The van der Waals surface area contributed by atoms with Gasteiger partial charge < -0.3 is 9.47 Å². The highest BCUT2D eigenvalue weighted by Gasteiger charge is 2.15. The molecule has 0 spiro atoms. The fourth-order valence-corrected chi connectivity index (χ4v) is 4.02. The number of hydrogen-bond acceptors (Lipinski definition) is 5. The highest BCUT2D eigenvalue weighted by atomic mass is 32.2. The molecule has 0 amide bonds. The van der Waals surface area contributed by atoms with Gasteiger partial charge >= 0.3 is 0 Å². The van der Waals surface area contributed by atoms with Crippen molar-refractivity contribution in [2.24, 2.45) is 0 Å². The molecule has 3 rings (SSSR count). The molecule has 7 heteroatoms. The molecule has 0 N–H and O–H groups in total. The van der Waals surface area contributed by atoms with Gasteiger partial charge in [0.15, 0.2) is 11.4 Å². The molecule has 0 radical (unpaired) electrons. The Bertz CT molecular complexity index is 1000. The van der Waals surface area contributed by atoms with E-state index in [9.17, 15) is 9.18 Å². The van der Waals surface area contributed by atoms with Gasteiger partial charge in [-0.15, -0.1) is 0 Å². The lowest BCUT2D eigenvalue weighted by Gasteiger charge is -2.19. The molecule has 3 aromatic rings. The fraction of sp³-hybridized carbons (Fsp3) is 0.364. The Kier molecular flexibility index (Phi) is 7.80. The molecule has 29 heavy (non-hydrogen) atoms. The second-order valence-corrected chi connectivity index (χ2v) is 7.36. The first-order valence-electron chi connectivity index (χ1n) is 9.72. The molecule has 0 aliphatic heterocycles. The number of thioether (sulfide) groups is 1. The van der Waals surface area contributed by atoms with Crippen molar-refractivity contribution in [3.63, 3.8) is 0 Å². The Labute approximate surface area is 173 Å². The molecular formula is C22H25FN2O3S. The Morgan fingerprint density at radius 1 is 1.10 bits per heavy atom. The van der Waals surface area contributed by atoms with Crippen LogP contribution in [0.3, 0.4) is 0 Å². The first-order chi connectivity index (χ1) is 14.1. The number of aromatic nitrogens is 2. The predicted molar refractivity (Wildman–Crippen MR) is 114 cm³/mol. The van der Waals surface area contributed by atoms with E-state index in [4.69, 9.17) is 14.5 Å². The summed E-state index contributed by atoms with van der Waals surface area (Å²) in [6.45, 7) is 5.33. The molecule has 0 fully saturated rings. The Hall–Kier alpha value is -2.22. The Balaban J connectivity index is 1.89. The molecule has 0 aliphatic rings. The summed E-state index contributed by atoms with van der Waals surface area (Å²) in [5.41, 5.74) is 1.40. The van der Waals surface area contributed by atoms with Crippen LogP contribution in [0.25, 0.3) is 10.9 Å². The predicted octanol–water partition coefficient (Wildman–Crippen LogP) is 4.62.